The first kappa shape index (κ1) is 14.3. The average molecular weight is 313 g/mol. The van der Waals surface area contributed by atoms with Gasteiger partial charge in [0.15, 0.2) is 0 Å². The van der Waals surface area contributed by atoms with E-state index in [9.17, 15) is 9.90 Å². The van der Waals surface area contributed by atoms with E-state index in [1.807, 2.05) is 66.7 Å². The summed E-state index contributed by atoms with van der Waals surface area (Å²) in [4.78, 5) is 12.7. The van der Waals surface area contributed by atoms with Crippen molar-refractivity contribution < 1.29 is 9.90 Å². The van der Waals surface area contributed by atoms with Gasteiger partial charge in [0, 0.05) is 16.5 Å². The Bertz CT molecular complexity index is 1060. The van der Waals surface area contributed by atoms with Gasteiger partial charge in [0.05, 0.1) is 5.56 Å². The van der Waals surface area contributed by atoms with Crippen molar-refractivity contribution in [2.75, 3.05) is 5.32 Å². The molecule has 0 radical (unpaired) electrons. The third-order valence-corrected chi connectivity index (χ3v) is 4.18. The number of rotatable bonds is 2. The summed E-state index contributed by atoms with van der Waals surface area (Å²) in [5.41, 5.74) is 0.993. The number of carbonyl (C=O) groups excluding carboxylic acids is 1. The minimum absolute atomic E-state index is 0.00540. The van der Waals surface area contributed by atoms with Crippen LogP contribution in [-0.4, -0.2) is 11.0 Å². The lowest BCUT2D eigenvalue weighted by atomic mass is 10.0. The predicted molar refractivity (Wildman–Crippen MR) is 97.5 cm³/mol. The Kier molecular flexibility index (Phi) is 3.39. The summed E-state index contributed by atoms with van der Waals surface area (Å²) in [6, 6.07) is 24.6. The van der Waals surface area contributed by atoms with Crippen LogP contribution in [0.3, 0.4) is 0 Å². The van der Waals surface area contributed by atoms with Crippen molar-refractivity contribution in [3.05, 3.63) is 84.4 Å². The summed E-state index contributed by atoms with van der Waals surface area (Å²) in [5, 5.41) is 16.9. The van der Waals surface area contributed by atoms with Crippen molar-refractivity contribution in [3.8, 4) is 5.75 Å². The second-order valence-corrected chi connectivity index (χ2v) is 5.66. The van der Waals surface area contributed by atoms with Gasteiger partial charge in [-0.25, -0.2) is 0 Å². The number of benzene rings is 4. The number of amides is 1. The molecule has 3 heteroatoms. The number of fused-ring (bicyclic) bond motifs is 2. The van der Waals surface area contributed by atoms with Crippen molar-refractivity contribution in [2.45, 2.75) is 0 Å². The third-order valence-electron chi connectivity index (χ3n) is 4.18. The first-order chi connectivity index (χ1) is 11.7. The Morgan fingerprint density at radius 1 is 0.708 bits per heavy atom. The highest BCUT2D eigenvalue weighted by atomic mass is 16.3. The zero-order valence-corrected chi connectivity index (χ0v) is 12.9. The fourth-order valence-corrected chi connectivity index (χ4v) is 2.96. The molecular formula is C21H15NO2. The van der Waals surface area contributed by atoms with E-state index in [0.717, 1.165) is 21.8 Å². The highest BCUT2D eigenvalue weighted by Gasteiger charge is 2.14. The van der Waals surface area contributed by atoms with Gasteiger partial charge in [-0.15, -0.1) is 0 Å². The molecule has 0 atom stereocenters. The van der Waals surface area contributed by atoms with Crippen LogP contribution in [0.25, 0.3) is 21.5 Å². The van der Waals surface area contributed by atoms with Crippen LogP contribution in [0.15, 0.2) is 78.9 Å². The standard InChI is InChI=1S/C21H15NO2/c23-20-17-10-4-2-7-15(17)12-13-18(20)21(24)22-19-11-5-8-14-6-1-3-9-16(14)19/h1-13,23H,(H,22,24). The van der Waals surface area contributed by atoms with Crippen LogP contribution in [0.5, 0.6) is 5.75 Å². The van der Waals surface area contributed by atoms with Crippen molar-refractivity contribution in [1.82, 2.24) is 0 Å². The van der Waals surface area contributed by atoms with E-state index in [-0.39, 0.29) is 17.2 Å². The van der Waals surface area contributed by atoms with E-state index in [1.165, 1.54) is 0 Å². The lowest BCUT2D eigenvalue weighted by Crippen LogP contribution is -2.12. The highest BCUT2D eigenvalue weighted by molar-refractivity contribution is 6.12. The second-order valence-electron chi connectivity index (χ2n) is 5.66. The molecule has 2 N–H and O–H groups in total. The van der Waals surface area contributed by atoms with Crippen LogP contribution in [0.2, 0.25) is 0 Å². The average Bonchev–Trinajstić information content (AvgIpc) is 2.62. The molecule has 0 aliphatic heterocycles. The third kappa shape index (κ3) is 2.36. The van der Waals surface area contributed by atoms with E-state index in [4.69, 9.17) is 0 Å². The highest BCUT2D eigenvalue weighted by Crippen LogP contribution is 2.30. The molecule has 0 unspecified atom stereocenters. The summed E-state index contributed by atoms with van der Waals surface area (Å²) in [5.74, 6) is -0.319. The molecule has 0 saturated carbocycles. The van der Waals surface area contributed by atoms with Gasteiger partial charge in [-0.3, -0.25) is 4.79 Å². The van der Waals surface area contributed by atoms with Crippen LogP contribution in [0.4, 0.5) is 5.69 Å². The second kappa shape index (κ2) is 5.70. The van der Waals surface area contributed by atoms with Gasteiger partial charge in [0.25, 0.3) is 5.91 Å². The summed E-state index contributed by atoms with van der Waals surface area (Å²) >= 11 is 0. The van der Waals surface area contributed by atoms with E-state index < -0.39 is 0 Å². The smallest absolute Gasteiger partial charge is 0.259 e. The summed E-state index contributed by atoms with van der Waals surface area (Å²) in [7, 11) is 0. The van der Waals surface area contributed by atoms with Crippen LogP contribution < -0.4 is 5.32 Å². The van der Waals surface area contributed by atoms with Gasteiger partial charge in [-0.05, 0) is 22.9 Å². The quantitative estimate of drug-likeness (QED) is 0.550. The lowest BCUT2D eigenvalue weighted by Gasteiger charge is -2.11. The largest absolute Gasteiger partial charge is 0.506 e. The zero-order chi connectivity index (χ0) is 16.5. The van der Waals surface area contributed by atoms with Crippen molar-refractivity contribution in [2.24, 2.45) is 0 Å². The molecule has 1 amide bonds. The molecule has 24 heavy (non-hydrogen) atoms. The predicted octanol–water partition coefficient (Wildman–Crippen LogP) is 4.95. The summed E-state index contributed by atoms with van der Waals surface area (Å²) in [6.45, 7) is 0. The molecule has 0 spiro atoms. The number of nitrogens with one attached hydrogen (secondary N) is 1. The zero-order valence-electron chi connectivity index (χ0n) is 12.9. The Hall–Kier alpha value is -3.33. The van der Waals surface area contributed by atoms with Crippen molar-refractivity contribution >= 4 is 33.1 Å². The summed E-state index contributed by atoms with van der Waals surface area (Å²) in [6.07, 6.45) is 0. The number of phenols is 1. The number of phenolic OH excluding ortho intramolecular Hbond substituents is 1. The first-order valence-corrected chi connectivity index (χ1v) is 7.74. The van der Waals surface area contributed by atoms with Crippen molar-refractivity contribution in [3.63, 3.8) is 0 Å². The van der Waals surface area contributed by atoms with Crippen molar-refractivity contribution in [1.29, 1.82) is 0 Å². The maximum atomic E-state index is 12.7. The molecular weight excluding hydrogens is 298 g/mol. The Labute approximate surface area is 139 Å². The minimum Gasteiger partial charge on any atom is -0.506 e. The molecule has 0 fully saturated rings. The topological polar surface area (TPSA) is 49.3 Å². The molecule has 0 aromatic heterocycles. The van der Waals surface area contributed by atoms with E-state index >= 15 is 0 Å². The Morgan fingerprint density at radius 2 is 1.33 bits per heavy atom. The molecule has 4 aromatic rings. The number of carbonyl (C=O) groups is 1. The number of hydrogen-bond acceptors (Lipinski definition) is 2. The lowest BCUT2D eigenvalue weighted by molar-refractivity contribution is 0.102. The molecule has 116 valence electrons. The van der Waals surface area contributed by atoms with E-state index in [2.05, 4.69) is 5.32 Å². The molecule has 3 nitrogen and oxygen atoms in total. The molecule has 0 aliphatic rings. The number of aromatic hydroxyl groups is 1. The molecule has 4 aromatic carbocycles. The summed E-state index contributed by atoms with van der Waals surface area (Å²) < 4.78 is 0. The molecule has 0 aliphatic carbocycles. The van der Waals surface area contributed by atoms with Gasteiger partial charge in [-0.2, -0.15) is 0 Å². The van der Waals surface area contributed by atoms with E-state index in [0.29, 0.717) is 5.39 Å². The fourth-order valence-electron chi connectivity index (χ4n) is 2.96. The van der Waals surface area contributed by atoms with Gasteiger partial charge in [0.2, 0.25) is 0 Å². The molecule has 4 rings (SSSR count). The van der Waals surface area contributed by atoms with Gasteiger partial charge >= 0.3 is 0 Å². The molecule has 0 bridgehead atoms. The fraction of sp³-hybridized carbons (Fsp3) is 0. The van der Waals surface area contributed by atoms with Crippen LogP contribution in [0.1, 0.15) is 10.4 Å². The van der Waals surface area contributed by atoms with Gasteiger partial charge < -0.3 is 10.4 Å². The molecule has 0 heterocycles. The number of hydrogen-bond donors (Lipinski definition) is 2. The minimum atomic E-state index is -0.324. The van der Waals surface area contributed by atoms with E-state index in [1.54, 1.807) is 12.1 Å². The Balaban J connectivity index is 1.75. The van der Waals surface area contributed by atoms with Crippen LogP contribution >= 0.6 is 0 Å². The Morgan fingerprint density at radius 3 is 2.12 bits per heavy atom. The van der Waals surface area contributed by atoms with Gasteiger partial charge in [0.1, 0.15) is 5.75 Å². The van der Waals surface area contributed by atoms with Crippen LogP contribution in [-0.2, 0) is 0 Å². The maximum Gasteiger partial charge on any atom is 0.259 e. The monoisotopic (exact) mass is 313 g/mol. The SMILES string of the molecule is O=C(Nc1cccc2ccccc12)c1ccc2ccccc2c1O. The van der Waals surface area contributed by atoms with Gasteiger partial charge in [-0.1, -0.05) is 66.7 Å². The molecule has 0 saturated heterocycles. The normalized spacial score (nSPS) is 10.8. The van der Waals surface area contributed by atoms with Crippen LogP contribution in [0, 0.1) is 0 Å². The number of anilines is 1. The maximum absolute atomic E-state index is 12.7. The first-order valence-electron chi connectivity index (χ1n) is 7.74.